The molecule has 0 saturated heterocycles. The first-order chi connectivity index (χ1) is 36.7. The van der Waals surface area contributed by atoms with Crippen molar-refractivity contribution in [3.05, 3.63) is 273 Å². The van der Waals surface area contributed by atoms with Crippen LogP contribution in [0.3, 0.4) is 0 Å². The molecule has 0 N–H and O–H groups in total. The Balaban J connectivity index is 1.04. The van der Waals surface area contributed by atoms with E-state index in [1.807, 2.05) is 12.1 Å². The Morgan fingerprint density at radius 2 is 0.649 bits per heavy atom. The van der Waals surface area contributed by atoms with Crippen LogP contribution < -0.4 is 0 Å². The summed E-state index contributed by atoms with van der Waals surface area (Å²) in [6.45, 7) is 0. The number of benzene rings is 11. The van der Waals surface area contributed by atoms with Gasteiger partial charge in [-0.25, -0.2) is 15.0 Å². The van der Waals surface area contributed by atoms with Crippen molar-refractivity contribution >= 4 is 43.6 Å². The van der Waals surface area contributed by atoms with E-state index in [9.17, 15) is 0 Å². The normalized spacial score (nSPS) is 11.5. The standard InChI is InChI=1S/C69H45N5/c1-5-22-46(23-6-1)49-28-19-29-51(44-49)67-70-68(56-33-14-13-32-53(56)48-26-9-3-10-27-48)72-69(71-67)59-43-42-50(47-24-7-2-8-25-47)45-64(59)74-61-39-18-16-35-58(61)66-55(37-21-41-63(66)74)54-36-20-40-62-65(54)57-34-15-17-38-60(57)73(62)52-30-11-4-12-31-52/h1-45H. The van der Waals surface area contributed by atoms with Crippen molar-refractivity contribution < 1.29 is 0 Å². The molecule has 14 rings (SSSR count). The summed E-state index contributed by atoms with van der Waals surface area (Å²) in [6, 6.07) is 97.1. The van der Waals surface area contributed by atoms with Gasteiger partial charge in [-0.15, -0.1) is 0 Å². The van der Waals surface area contributed by atoms with Gasteiger partial charge in [0.1, 0.15) is 0 Å². The van der Waals surface area contributed by atoms with Crippen LogP contribution in [-0.2, 0) is 0 Å². The molecule has 0 saturated carbocycles. The van der Waals surface area contributed by atoms with Crippen molar-refractivity contribution in [1.82, 2.24) is 24.1 Å². The molecule has 0 aliphatic heterocycles. The van der Waals surface area contributed by atoms with Crippen LogP contribution in [0.15, 0.2) is 273 Å². The summed E-state index contributed by atoms with van der Waals surface area (Å²) in [5, 5.41) is 4.77. The van der Waals surface area contributed by atoms with Crippen LogP contribution in [0, 0.1) is 0 Å². The van der Waals surface area contributed by atoms with E-state index < -0.39 is 0 Å². The first kappa shape index (κ1) is 42.9. The Morgan fingerprint density at radius 3 is 1.28 bits per heavy atom. The third-order valence-corrected chi connectivity index (χ3v) is 14.4. The average Bonchev–Trinajstić information content (AvgIpc) is 4.04. The average molecular weight is 944 g/mol. The lowest BCUT2D eigenvalue weighted by atomic mass is 9.95. The topological polar surface area (TPSA) is 48.5 Å². The van der Waals surface area contributed by atoms with Gasteiger partial charge < -0.3 is 9.13 Å². The highest BCUT2D eigenvalue weighted by atomic mass is 15.1. The maximum atomic E-state index is 5.52. The lowest BCUT2D eigenvalue weighted by Gasteiger charge is -2.17. The molecule has 11 aromatic carbocycles. The fraction of sp³-hybridized carbons (Fsp3) is 0. The van der Waals surface area contributed by atoms with Crippen molar-refractivity contribution in [3.63, 3.8) is 0 Å². The molecule has 3 heterocycles. The second-order valence-corrected chi connectivity index (χ2v) is 18.7. The van der Waals surface area contributed by atoms with E-state index >= 15 is 0 Å². The van der Waals surface area contributed by atoms with E-state index in [1.165, 1.54) is 32.8 Å². The van der Waals surface area contributed by atoms with Crippen LogP contribution >= 0.6 is 0 Å². The van der Waals surface area contributed by atoms with Gasteiger partial charge in [-0.2, -0.15) is 0 Å². The van der Waals surface area contributed by atoms with E-state index in [-0.39, 0.29) is 0 Å². The van der Waals surface area contributed by atoms with E-state index in [0.717, 1.165) is 83.4 Å². The van der Waals surface area contributed by atoms with Gasteiger partial charge in [0.15, 0.2) is 17.5 Å². The predicted molar refractivity (Wildman–Crippen MR) is 307 cm³/mol. The van der Waals surface area contributed by atoms with E-state index in [1.54, 1.807) is 0 Å². The van der Waals surface area contributed by atoms with Crippen LogP contribution in [0.1, 0.15) is 0 Å². The number of aromatic nitrogens is 5. The van der Waals surface area contributed by atoms with Crippen molar-refractivity contribution in [2.75, 3.05) is 0 Å². The molecule has 0 unspecified atom stereocenters. The highest BCUT2D eigenvalue weighted by Gasteiger charge is 2.24. The summed E-state index contributed by atoms with van der Waals surface area (Å²) in [4.78, 5) is 16.4. The molecule has 346 valence electrons. The van der Waals surface area contributed by atoms with Gasteiger partial charge in [-0.05, 0) is 99.1 Å². The van der Waals surface area contributed by atoms with Crippen molar-refractivity contribution in [2.24, 2.45) is 0 Å². The minimum Gasteiger partial charge on any atom is -0.309 e. The second kappa shape index (κ2) is 18.0. The fourth-order valence-corrected chi connectivity index (χ4v) is 11.1. The number of nitrogens with zero attached hydrogens (tertiary/aromatic N) is 5. The summed E-state index contributed by atoms with van der Waals surface area (Å²) in [6.07, 6.45) is 0. The molecular weight excluding hydrogens is 899 g/mol. The molecule has 74 heavy (non-hydrogen) atoms. The molecule has 14 aromatic rings. The largest absolute Gasteiger partial charge is 0.309 e. The van der Waals surface area contributed by atoms with Gasteiger partial charge in [0.25, 0.3) is 0 Å². The van der Waals surface area contributed by atoms with Crippen molar-refractivity contribution in [3.8, 4) is 90.0 Å². The highest BCUT2D eigenvalue weighted by Crippen LogP contribution is 2.45. The number of hydrogen-bond donors (Lipinski definition) is 0. The minimum absolute atomic E-state index is 0.577. The molecule has 0 atom stereocenters. The molecule has 5 nitrogen and oxygen atoms in total. The summed E-state index contributed by atoms with van der Waals surface area (Å²) >= 11 is 0. The third kappa shape index (κ3) is 7.29. The van der Waals surface area contributed by atoms with E-state index in [4.69, 9.17) is 15.0 Å². The van der Waals surface area contributed by atoms with Gasteiger partial charge in [-0.3, -0.25) is 0 Å². The quantitative estimate of drug-likeness (QED) is 0.145. The Bertz CT molecular complexity index is 4400. The Morgan fingerprint density at radius 1 is 0.230 bits per heavy atom. The SMILES string of the molecule is c1ccc(-c2cccc(-c3nc(-c4ccccc4-c4ccccc4)nc(-c4ccc(-c5ccccc5)cc4-n4c5ccccc5c5c(-c6cccc7c6c6ccccc6n7-c6ccccc6)cccc54)n3)c2)cc1. The maximum absolute atomic E-state index is 5.52. The molecule has 0 spiro atoms. The van der Waals surface area contributed by atoms with Gasteiger partial charge in [0, 0.05) is 43.9 Å². The summed E-state index contributed by atoms with van der Waals surface area (Å²) in [5.74, 6) is 1.77. The number of rotatable bonds is 9. The molecule has 0 fully saturated rings. The van der Waals surface area contributed by atoms with Crippen LogP contribution in [0.25, 0.3) is 134 Å². The first-order valence-corrected chi connectivity index (χ1v) is 25.1. The summed E-state index contributed by atoms with van der Waals surface area (Å²) in [7, 11) is 0. The van der Waals surface area contributed by atoms with E-state index in [2.05, 4.69) is 270 Å². The fourth-order valence-electron chi connectivity index (χ4n) is 11.1. The molecule has 0 radical (unpaired) electrons. The van der Waals surface area contributed by atoms with Crippen LogP contribution in [0.4, 0.5) is 0 Å². The Labute approximate surface area is 428 Å². The summed E-state index contributed by atoms with van der Waals surface area (Å²) < 4.78 is 4.83. The van der Waals surface area contributed by atoms with Crippen LogP contribution in [0.5, 0.6) is 0 Å². The molecule has 5 heteroatoms. The molecular formula is C69H45N5. The first-order valence-electron chi connectivity index (χ1n) is 25.1. The summed E-state index contributed by atoms with van der Waals surface area (Å²) in [5.41, 5.74) is 18.2. The third-order valence-electron chi connectivity index (χ3n) is 14.4. The van der Waals surface area contributed by atoms with Crippen molar-refractivity contribution in [1.29, 1.82) is 0 Å². The van der Waals surface area contributed by atoms with Crippen LogP contribution in [0.2, 0.25) is 0 Å². The van der Waals surface area contributed by atoms with Crippen LogP contribution in [-0.4, -0.2) is 24.1 Å². The molecule has 0 aliphatic carbocycles. The lowest BCUT2D eigenvalue weighted by molar-refractivity contribution is 1.06. The monoisotopic (exact) mass is 943 g/mol. The number of hydrogen-bond acceptors (Lipinski definition) is 3. The predicted octanol–water partition coefficient (Wildman–Crippen LogP) is 17.7. The maximum Gasteiger partial charge on any atom is 0.166 e. The Hall–Kier alpha value is -9.97. The molecule has 0 amide bonds. The second-order valence-electron chi connectivity index (χ2n) is 18.7. The zero-order valence-corrected chi connectivity index (χ0v) is 40.2. The van der Waals surface area contributed by atoms with Gasteiger partial charge in [0.2, 0.25) is 0 Å². The number of para-hydroxylation sites is 3. The zero-order chi connectivity index (χ0) is 49.0. The van der Waals surface area contributed by atoms with Crippen molar-refractivity contribution in [2.45, 2.75) is 0 Å². The van der Waals surface area contributed by atoms with Gasteiger partial charge in [-0.1, -0.05) is 218 Å². The van der Waals surface area contributed by atoms with Gasteiger partial charge in [0.05, 0.1) is 27.8 Å². The highest BCUT2D eigenvalue weighted by molar-refractivity contribution is 6.22. The molecule has 0 aliphatic rings. The smallest absolute Gasteiger partial charge is 0.166 e. The molecule has 3 aromatic heterocycles. The minimum atomic E-state index is 0.577. The van der Waals surface area contributed by atoms with Gasteiger partial charge >= 0.3 is 0 Å². The Kier molecular flexibility index (Phi) is 10.4. The zero-order valence-electron chi connectivity index (χ0n) is 40.2. The lowest BCUT2D eigenvalue weighted by Crippen LogP contribution is -2.04. The number of fused-ring (bicyclic) bond motifs is 6. The molecule has 0 bridgehead atoms. The van der Waals surface area contributed by atoms with E-state index in [0.29, 0.717) is 17.5 Å².